The van der Waals surface area contributed by atoms with Gasteiger partial charge in [0.15, 0.2) is 0 Å². The molecule has 0 radical (unpaired) electrons. The number of nitrogens with zero attached hydrogens (tertiary/aromatic N) is 2. The zero-order chi connectivity index (χ0) is 11.4. The summed E-state index contributed by atoms with van der Waals surface area (Å²) in [5.41, 5.74) is 0.802. The van der Waals surface area contributed by atoms with E-state index in [0.717, 1.165) is 37.7 Å². The summed E-state index contributed by atoms with van der Waals surface area (Å²) in [5, 5.41) is 6.06. The largest absolute Gasteiger partial charge is 0.354 e. The van der Waals surface area contributed by atoms with Crippen molar-refractivity contribution in [3.8, 4) is 0 Å². The Bertz CT molecular complexity index is 383. The van der Waals surface area contributed by atoms with Gasteiger partial charge in [-0.2, -0.15) is 0 Å². The second kappa shape index (κ2) is 8.13. The molecule has 0 atom stereocenters. The van der Waals surface area contributed by atoms with Gasteiger partial charge in [0, 0.05) is 51.1 Å². The summed E-state index contributed by atoms with van der Waals surface area (Å²) in [6, 6.07) is 3.71. The van der Waals surface area contributed by atoms with E-state index in [2.05, 4.69) is 20.5 Å². The molecule has 2 N–H and O–H groups in total. The average molecular weight is 293 g/mol. The molecule has 0 aliphatic carbocycles. The quantitative estimate of drug-likeness (QED) is 0.863. The van der Waals surface area contributed by atoms with Gasteiger partial charge in [-0.25, -0.2) is 4.98 Å². The lowest BCUT2D eigenvalue weighted by molar-refractivity contribution is -0.114. The Labute approximate surface area is 119 Å². The lowest BCUT2D eigenvalue weighted by Crippen LogP contribution is -2.43. The van der Waals surface area contributed by atoms with Crippen LogP contribution in [0.1, 0.15) is 6.92 Å². The van der Waals surface area contributed by atoms with Crippen LogP contribution in [0.25, 0.3) is 0 Å². The highest BCUT2D eigenvalue weighted by Gasteiger charge is 2.11. The minimum absolute atomic E-state index is 0. The highest BCUT2D eigenvalue weighted by Crippen LogP contribution is 2.16. The fourth-order valence-corrected chi connectivity index (χ4v) is 1.77. The second-order valence-corrected chi connectivity index (χ2v) is 3.82. The van der Waals surface area contributed by atoms with Crippen molar-refractivity contribution in [1.29, 1.82) is 0 Å². The molecule has 0 aromatic carbocycles. The molecule has 0 spiro atoms. The number of aromatic nitrogens is 1. The van der Waals surface area contributed by atoms with Gasteiger partial charge in [-0.15, -0.1) is 24.8 Å². The van der Waals surface area contributed by atoms with Gasteiger partial charge in [-0.1, -0.05) is 0 Å². The molecule has 1 amide bonds. The third-order valence-electron chi connectivity index (χ3n) is 2.51. The van der Waals surface area contributed by atoms with Gasteiger partial charge in [-0.05, 0) is 6.07 Å². The lowest BCUT2D eigenvalue weighted by atomic mass is 10.3. The van der Waals surface area contributed by atoms with E-state index in [0.29, 0.717) is 0 Å². The van der Waals surface area contributed by atoms with Crippen LogP contribution in [0.5, 0.6) is 0 Å². The number of halogens is 2. The molecule has 0 unspecified atom stereocenters. The fraction of sp³-hybridized carbons (Fsp3) is 0.455. The van der Waals surface area contributed by atoms with Gasteiger partial charge >= 0.3 is 0 Å². The maximum absolute atomic E-state index is 10.9. The maximum atomic E-state index is 10.9. The van der Waals surface area contributed by atoms with Gasteiger partial charge in [0.2, 0.25) is 5.91 Å². The first-order chi connectivity index (χ1) is 7.75. The van der Waals surface area contributed by atoms with E-state index in [9.17, 15) is 4.79 Å². The molecule has 1 saturated heterocycles. The van der Waals surface area contributed by atoms with Crippen LogP contribution in [-0.4, -0.2) is 37.1 Å². The summed E-state index contributed by atoms with van der Waals surface area (Å²) in [6.45, 7) is 5.37. The smallest absolute Gasteiger partial charge is 0.221 e. The van der Waals surface area contributed by atoms with Crippen LogP contribution >= 0.6 is 24.8 Å². The van der Waals surface area contributed by atoms with Crippen molar-refractivity contribution in [3.63, 3.8) is 0 Å². The molecule has 0 saturated carbocycles. The molecule has 2 rings (SSSR count). The summed E-state index contributed by atoms with van der Waals surface area (Å²) < 4.78 is 0. The maximum Gasteiger partial charge on any atom is 0.221 e. The minimum atomic E-state index is -0.0579. The number of hydrogen-bond donors (Lipinski definition) is 2. The highest BCUT2D eigenvalue weighted by atomic mass is 35.5. The van der Waals surface area contributed by atoms with Crippen LogP contribution in [0, 0.1) is 0 Å². The third-order valence-corrected chi connectivity index (χ3v) is 2.51. The number of pyridine rings is 1. The zero-order valence-electron chi connectivity index (χ0n) is 10.2. The average Bonchev–Trinajstić information content (AvgIpc) is 2.30. The van der Waals surface area contributed by atoms with Crippen LogP contribution < -0.4 is 15.5 Å². The van der Waals surface area contributed by atoms with E-state index >= 15 is 0 Å². The molecule has 1 aliphatic rings. The van der Waals surface area contributed by atoms with Crippen molar-refractivity contribution >= 4 is 42.2 Å². The van der Waals surface area contributed by atoms with E-state index in [1.54, 1.807) is 12.3 Å². The molecule has 1 aliphatic heterocycles. The summed E-state index contributed by atoms with van der Waals surface area (Å²) in [5.74, 6) is 0.866. The van der Waals surface area contributed by atoms with Crippen molar-refractivity contribution in [2.75, 3.05) is 36.4 Å². The fourth-order valence-electron chi connectivity index (χ4n) is 1.77. The highest BCUT2D eigenvalue weighted by molar-refractivity contribution is 5.89. The van der Waals surface area contributed by atoms with Crippen LogP contribution in [-0.2, 0) is 4.79 Å². The topological polar surface area (TPSA) is 57.3 Å². The molecule has 102 valence electrons. The van der Waals surface area contributed by atoms with Gasteiger partial charge in [0.1, 0.15) is 5.82 Å². The minimum Gasteiger partial charge on any atom is -0.354 e. The molecule has 1 fully saturated rings. The molecule has 0 bridgehead atoms. The first kappa shape index (κ1) is 17.0. The molecule has 1 aromatic rings. The normalized spacial score (nSPS) is 14.2. The van der Waals surface area contributed by atoms with Crippen LogP contribution in [0.4, 0.5) is 11.5 Å². The zero-order valence-corrected chi connectivity index (χ0v) is 11.8. The number of anilines is 2. The van der Waals surface area contributed by atoms with Crippen molar-refractivity contribution in [1.82, 2.24) is 10.3 Å². The number of rotatable bonds is 2. The SMILES string of the molecule is CC(=O)Nc1ccnc(N2CCNCC2)c1.Cl.Cl. The monoisotopic (exact) mass is 292 g/mol. The Balaban J connectivity index is 0.00000144. The molecule has 2 heterocycles. The number of piperazine rings is 1. The number of amides is 1. The number of nitrogens with one attached hydrogen (secondary N) is 2. The second-order valence-electron chi connectivity index (χ2n) is 3.82. The first-order valence-corrected chi connectivity index (χ1v) is 5.45. The van der Waals surface area contributed by atoms with Crippen LogP contribution in [0.3, 0.4) is 0 Å². The summed E-state index contributed by atoms with van der Waals surface area (Å²) >= 11 is 0. The van der Waals surface area contributed by atoms with Crippen LogP contribution in [0.15, 0.2) is 18.3 Å². The van der Waals surface area contributed by atoms with Crippen molar-refractivity contribution in [2.24, 2.45) is 0 Å². The Hall–Kier alpha value is -1.04. The van der Waals surface area contributed by atoms with Gasteiger partial charge in [0.25, 0.3) is 0 Å². The predicted octanol–water partition coefficient (Wildman–Crippen LogP) is 1.29. The van der Waals surface area contributed by atoms with Crippen LogP contribution in [0.2, 0.25) is 0 Å². The molecule has 1 aromatic heterocycles. The van der Waals surface area contributed by atoms with E-state index in [1.807, 2.05) is 6.07 Å². The van der Waals surface area contributed by atoms with Crippen molar-refractivity contribution < 1.29 is 4.79 Å². The summed E-state index contributed by atoms with van der Waals surface area (Å²) in [4.78, 5) is 17.5. The standard InChI is InChI=1S/C11H16N4O.2ClH/c1-9(16)14-10-2-3-13-11(8-10)15-6-4-12-5-7-15;;/h2-3,8,12H,4-7H2,1H3,(H,13,14,16);2*1H. The molecular weight excluding hydrogens is 275 g/mol. The Morgan fingerprint density at radius 3 is 2.67 bits per heavy atom. The molecule has 7 heteroatoms. The summed E-state index contributed by atoms with van der Waals surface area (Å²) in [7, 11) is 0. The summed E-state index contributed by atoms with van der Waals surface area (Å²) in [6.07, 6.45) is 1.72. The Kier molecular flexibility index (Phi) is 7.66. The lowest BCUT2D eigenvalue weighted by Gasteiger charge is -2.28. The predicted molar refractivity (Wildman–Crippen MR) is 78.1 cm³/mol. The third kappa shape index (κ3) is 4.68. The van der Waals surface area contributed by atoms with Gasteiger partial charge < -0.3 is 15.5 Å². The number of carbonyl (C=O) groups is 1. The Morgan fingerprint density at radius 1 is 1.39 bits per heavy atom. The van der Waals surface area contributed by atoms with Gasteiger partial charge in [-0.3, -0.25) is 4.79 Å². The Morgan fingerprint density at radius 2 is 2.06 bits per heavy atom. The van der Waals surface area contributed by atoms with Gasteiger partial charge in [0.05, 0.1) is 0 Å². The van der Waals surface area contributed by atoms with E-state index < -0.39 is 0 Å². The van der Waals surface area contributed by atoms with Crippen molar-refractivity contribution in [3.05, 3.63) is 18.3 Å². The molecule has 5 nitrogen and oxygen atoms in total. The molecular formula is C11H18Cl2N4O. The van der Waals surface area contributed by atoms with E-state index in [4.69, 9.17) is 0 Å². The number of carbonyl (C=O) groups excluding carboxylic acids is 1. The van der Waals surface area contributed by atoms with E-state index in [-0.39, 0.29) is 30.7 Å². The van der Waals surface area contributed by atoms with Crippen molar-refractivity contribution in [2.45, 2.75) is 6.92 Å². The molecule has 18 heavy (non-hydrogen) atoms. The number of hydrogen-bond acceptors (Lipinski definition) is 4. The first-order valence-electron chi connectivity index (χ1n) is 5.45. The van der Waals surface area contributed by atoms with E-state index in [1.165, 1.54) is 6.92 Å².